The minimum absolute atomic E-state index is 0.0905. The van der Waals surface area contributed by atoms with E-state index in [1.165, 1.54) is 0 Å². The molecule has 1 aliphatic heterocycles. The molecule has 0 aromatic rings. The molecule has 1 heterocycles. The van der Waals surface area contributed by atoms with Crippen molar-refractivity contribution in [3.63, 3.8) is 0 Å². The Morgan fingerprint density at radius 1 is 1.12 bits per heavy atom. The molecule has 0 aromatic heterocycles. The van der Waals surface area contributed by atoms with Gasteiger partial charge in [0.05, 0.1) is 0 Å². The third-order valence-corrected chi connectivity index (χ3v) is 3.10. The Morgan fingerprint density at radius 2 is 1.75 bits per heavy atom. The van der Waals surface area contributed by atoms with Crippen LogP contribution in [0.4, 0.5) is 0 Å². The van der Waals surface area contributed by atoms with Gasteiger partial charge in [-0.1, -0.05) is 25.7 Å². The second kappa shape index (κ2) is 7.63. The summed E-state index contributed by atoms with van der Waals surface area (Å²) in [4.78, 5) is 12.9. The largest absolute Gasteiger partial charge is 0.396 e. The van der Waals surface area contributed by atoms with Crippen molar-refractivity contribution < 1.29 is 15.0 Å². The topological polar surface area (TPSA) is 60.8 Å². The molecule has 1 atom stereocenters. The Bertz CT molecular complexity index is 208. The monoisotopic (exact) mass is 229 g/mol. The van der Waals surface area contributed by atoms with Gasteiger partial charge in [-0.3, -0.25) is 4.79 Å². The molecule has 0 spiro atoms. The first-order valence-corrected chi connectivity index (χ1v) is 6.34. The average molecular weight is 229 g/mol. The Kier molecular flexibility index (Phi) is 6.42. The van der Waals surface area contributed by atoms with Crippen molar-refractivity contribution >= 4 is 5.91 Å². The summed E-state index contributed by atoms with van der Waals surface area (Å²) in [5, 5.41) is 18.1. The molecule has 0 aromatic carbocycles. The summed E-state index contributed by atoms with van der Waals surface area (Å²) in [6, 6.07) is 0. The third-order valence-electron chi connectivity index (χ3n) is 3.10. The van der Waals surface area contributed by atoms with Crippen molar-refractivity contribution in [2.75, 3.05) is 13.2 Å². The zero-order valence-corrected chi connectivity index (χ0v) is 9.90. The van der Waals surface area contributed by atoms with Gasteiger partial charge in [-0.15, -0.1) is 0 Å². The lowest BCUT2D eigenvalue weighted by Crippen LogP contribution is -2.33. The van der Waals surface area contributed by atoms with Crippen LogP contribution in [-0.2, 0) is 4.79 Å². The van der Waals surface area contributed by atoms with Crippen LogP contribution in [0.25, 0.3) is 0 Å². The van der Waals surface area contributed by atoms with E-state index in [-0.39, 0.29) is 12.5 Å². The van der Waals surface area contributed by atoms with E-state index in [2.05, 4.69) is 0 Å². The highest BCUT2D eigenvalue weighted by molar-refractivity contribution is 5.78. The Labute approximate surface area is 97.3 Å². The average Bonchev–Trinajstić information content (AvgIpc) is 2.59. The summed E-state index contributed by atoms with van der Waals surface area (Å²) in [6.07, 6.45) is 6.90. The predicted octanol–water partition coefficient (Wildman–Crippen LogP) is 1.26. The SMILES string of the molecule is O=C1CCC(O)N1CCCCCCCCO. The number of nitrogens with zero attached hydrogens (tertiary/aromatic N) is 1. The maximum Gasteiger partial charge on any atom is 0.224 e. The molecule has 94 valence electrons. The van der Waals surface area contributed by atoms with Crippen LogP contribution in [0, 0.1) is 0 Å². The lowest BCUT2D eigenvalue weighted by atomic mass is 10.1. The number of aliphatic hydroxyl groups excluding tert-OH is 2. The molecule has 16 heavy (non-hydrogen) atoms. The van der Waals surface area contributed by atoms with Gasteiger partial charge >= 0.3 is 0 Å². The minimum Gasteiger partial charge on any atom is -0.396 e. The highest BCUT2D eigenvalue weighted by Crippen LogP contribution is 2.17. The van der Waals surface area contributed by atoms with Gasteiger partial charge in [0.25, 0.3) is 0 Å². The molecule has 4 heteroatoms. The van der Waals surface area contributed by atoms with Crippen molar-refractivity contribution in [1.82, 2.24) is 4.90 Å². The predicted molar refractivity (Wildman–Crippen MR) is 61.7 cm³/mol. The summed E-state index contributed by atoms with van der Waals surface area (Å²) in [6.45, 7) is 0.981. The van der Waals surface area contributed by atoms with Crippen molar-refractivity contribution in [3.8, 4) is 0 Å². The maximum absolute atomic E-state index is 11.3. The van der Waals surface area contributed by atoms with Crippen LogP contribution >= 0.6 is 0 Å². The lowest BCUT2D eigenvalue weighted by Gasteiger charge is -2.20. The first-order chi connectivity index (χ1) is 7.75. The number of amides is 1. The molecule has 0 bridgehead atoms. The minimum atomic E-state index is -0.540. The molecule has 0 saturated carbocycles. The van der Waals surface area contributed by atoms with E-state index in [9.17, 15) is 9.90 Å². The number of unbranched alkanes of at least 4 members (excludes halogenated alkanes) is 5. The summed E-state index contributed by atoms with van der Waals surface area (Å²) in [7, 11) is 0. The van der Waals surface area contributed by atoms with Crippen molar-refractivity contribution in [2.24, 2.45) is 0 Å². The van der Waals surface area contributed by atoms with Crippen molar-refractivity contribution in [2.45, 2.75) is 57.6 Å². The molecular weight excluding hydrogens is 206 g/mol. The normalized spacial score (nSPS) is 20.8. The number of aliphatic hydroxyl groups is 2. The van der Waals surface area contributed by atoms with Crippen LogP contribution in [-0.4, -0.2) is 40.4 Å². The number of carbonyl (C=O) groups excluding carboxylic acids is 1. The molecule has 1 saturated heterocycles. The number of hydrogen-bond donors (Lipinski definition) is 2. The molecule has 1 fully saturated rings. The molecule has 1 aliphatic rings. The van der Waals surface area contributed by atoms with E-state index in [0.29, 0.717) is 19.4 Å². The van der Waals surface area contributed by atoms with Gasteiger partial charge in [0, 0.05) is 26.0 Å². The van der Waals surface area contributed by atoms with Crippen LogP contribution in [0.2, 0.25) is 0 Å². The number of carbonyl (C=O) groups is 1. The number of hydrogen-bond acceptors (Lipinski definition) is 3. The Morgan fingerprint density at radius 3 is 2.31 bits per heavy atom. The smallest absolute Gasteiger partial charge is 0.224 e. The summed E-state index contributed by atoms with van der Waals surface area (Å²) < 4.78 is 0. The van der Waals surface area contributed by atoms with E-state index in [4.69, 9.17) is 5.11 Å². The van der Waals surface area contributed by atoms with Crippen LogP contribution in [0.1, 0.15) is 51.4 Å². The zero-order valence-electron chi connectivity index (χ0n) is 9.90. The third kappa shape index (κ3) is 4.49. The number of likely N-dealkylation sites (tertiary alicyclic amines) is 1. The summed E-state index contributed by atoms with van der Waals surface area (Å²) in [5.74, 6) is 0.0905. The van der Waals surface area contributed by atoms with Crippen molar-refractivity contribution in [3.05, 3.63) is 0 Å². The first-order valence-electron chi connectivity index (χ1n) is 6.34. The fraction of sp³-hybridized carbons (Fsp3) is 0.917. The highest BCUT2D eigenvalue weighted by atomic mass is 16.3. The Hall–Kier alpha value is -0.610. The summed E-state index contributed by atoms with van der Waals surface area (Å²) in [5.41, 5.74) is 0. The van der Waals surface area contributed by atoms with Crippen molar-refractivity contribution in [1.29, 1.82) is 0 Å². The van der Waals surface area contributed by atoms with Gasteiger partial charge in [0.1, 0.15) is 6.23 Å². The summed E-state index contributed by atoms with van der Waals surface area (Å²) >= 11 is 0. The molecule has 0 radical (unpaired) electrons. The van der Waals surface area contributed by atoms with Gasteiger partial charge in [-0.05, 0) is 12.8 Å². The molecule has 2 N–H and O–H groups in total. The molecular formula is C12H23NO3. The Balaban J connectivity index is 1.96. The van der Waals surface area contributed by atoms with Gasteiger partial charge in [-0.25, -0.2) is 0 Å². The van der Waals surface area contributed by atoms with Gasteiger partial charge in [0.2, 0.25) is 5.91 Å². The molecule has 1 amide bonds. The first kappa shape index (κ1) is 13.5. The molecule has 1 unspecified atom stereocenters. The van der Waals surface area contributed by atoms with E-state index in [1.54, 1.807) is 4.90 Å². The lowest BCUT2D eigenvalue weighted by molar-refractivity contribution is -0.133. The van der Waals surface area contributed by atoms with Gasteiger partial charge in [-0.2, -0.15) is 0 Å². The van der Waals surface area contributed by atoms with E-state index < -0.39 is 6.23 Å². The quantitative estimate of drug-likeness (QED) is 0.616. The zero-order chi connectivity index (χ0) is 11.8. The maximum atomic E-state index is 11.3. The van der Waals surface area contributed by atoms with E-state index in [1.807, 2.05) is 0 Å². The fourth-order valence-corrected chi connectivity index (χ4v) is 2.09. The standard InChI is InChI=1S/C12H23NO3/c14-10-6-4-2-1-3-5-9-13-11(15)7-8-12(13)16/h11,14-15H,1-10H2. The highest BCUT2D eigenvalue weighted by Gasteiger charge is 2.28. The molecule has 4 nitrogen and oxygen atoms in total. The molecule has 1 rings (SSSR count). The second-order valence-electron chi connectivity index (χ2n) is 4.45. The van der Waals surface area contributed by atoms with Gasteiger partial charge in [0.15, 0.2) is 0 Å². The van der Waals surface area contributed by atoms with Gasteiger partial charge < -0.3 is 15.1 Å². The van der Waals surface area contributed by atoms with E-state index in [0.717, 1.165) is 38.5 Å². The van der Waals surface area contributed by atoms with Crippen LogP contribution in [0.5, 0.6) is 0 Å². The molecule has 0 aliphatic carbocycles. The van der Waals surface area contributed by atoms with E-state index >= 15 is 0 Å². The van der Waals surface area contributed by atoms with Crippen LogP contribution in [0.15, 0.2) is 0 Å². The fourth-order valence-electron chi connectivity index (χ4n) is 2.09. The second-order valence-corrected chi connectivity index (χ2v) is 4.45. The van der Waals surface area contributed by atoms with Crippen LogP contribution < -0.4 is 0 Å². The van der Waals surface area contributed by atoms with Crippen LogP contribution in [0.3, 0.4) is 0 Å². The number of rotatable bonds is 8.